The molecule has 0 spiro atoms. The van der Waals surface area contributed by atoms with E-state index in [1.54, 1.807) is 35.1 Å². The van der Waals surface area contributed by atoms with Crippen molar-refractivity contribution < 1.29 is 14.7 Å². The third-order valence-electron chi connectivity index (χ3n) is 3.69. The molecule has 0 saturated heterocycles. The number of carboxylic acid groups (broad SMARTS) is 1. The second-order valence-electron chi connectivity index (χ2n) is 5.65. The van der Waals surface area contributed by atoms with Crippen LogP contribution in [0.4, 0.5) is 5.82 Å². The number of nitrogens with one attached hydrogen (secondary N) is 1. The number of thioether (sulfide) groups is 1. The fourth-order valence-electron chi connectivity index (χ4n) is 2.58. The number of rotatable bonds is 3. The Balaban J connectivity index is 2.03. The molecule has 1 aliphatic rings. The molecule has 1 aliphatic heterocycles. The Morgan fingerprint density at radius 2 is 2.09 bits per heavy atom. The van der Waals surface area contributed by atoms with E-state index in [2.05, 4.69) is 10.4 Å². The zero-order valence-electron chi connectivity index (χ0n) is 12.8. The first-order chi connectivity index (χ1) is 11.0. The summed E-state index contributed by atoms with van der Waals surface area (Å²) in [7, 11) is 0. The van der Waals surface area contributed by atoms with E-state index in [-0.39, 0.29) is 22.8 Å². The first-order valence-corrected chi connectivity index (χ1v) is 8.34. The van der Waals surface area contributed by atoms with Crippen molar-refractivity contribution in [2.24, 2.45) is 0 Å². The summed E-state index contributed by atoms with van der Waals surface area (Å²) in [6.45, 7) is 4.02. The van der Waals surface area contributed by atoms with Gasteiger partial charge in [0.05, 0.1) is 22.8 Å². The van der Waals surface area contributed by atoms with Gasteiger partial charge in [-0.25, -0.2) is 9.48 Å². The van der Waals surface area contributed by atoms with Crippen LogP contribution in [0.15, 0.2) is 30.5 Å². The summed E-state index contributed by atoms with van der Waals surface area (Å²) in [6.07, 6.45) is 1.78. The summed E-state index contributed by atoms with van der Waals surface area (Å²) < 4.78 is 1.80. The molecule has 1 aromatic heterocycles. The van der Waals surface area contributed by atoms with Crippen LogP contribution in [0, 0.1) is 0 Å². The Morgan fingerprint density at radius 3 is 2.70 bits per heavy atom. The first-order valence-electron chi connectivity index (χ1n) is 7.29. The molecule has 6 nitrogen and oxygen atoms in total. The number of carbonyl (C=O) groups excluding carboxylic acids is 1. The predicted octanol–water partition coefficient (Wildman–Crippen LogP) is 2.94. The van der Waals surface area contributed by atoms with Crippen LogP contribution in [0.1, 0.15) is 46.6 Å². The Bertz CT molecular complexity index is 752. The lowest BCUT2D eigenvalue weighted by Crippen LogP contribution is -2.17. The standard InChI is InChI=1S/C16H17N3O3S/c1-9(2)19-15-12(7-17-19)14(23-8-13(20)18-15)10-3-5-11(6-4-10)16(21)22/h3-7,9,14H,8H2,1-2H3,(H,18,20)(H,21,22)/t14-/m1/s1. The minimum Gasteiger partial charge on any atom is -0.478 e. The van der Waals surface area contributed by atoms with Crippen molar-refractivity contribution in [3.8, 4) is 0 Å². The molecule has 0 radical (unpaired) electrons. The van der Waals surface area contributed by atoms with Crippen molar-refractivity contribution in [1.82, 2.24) is 9.78 Å². The van der Waals surface area contributed by atoms with Gasteiger partial charge in [-0.2, -0.15) is 5.10 Å². The van der Waals surface area contributed by atoms with Gasteiger partial charge >= 0.3 is 5.97 Å². The van der Waals surface area contributed by atoms with Gasteiger partial charge in [0.1, 0.15) is 5.82 Å². The molecular formula is C16H17N3O3S. The van der Waals surface area contributed by atoms with Gasteiger partial charge in [-0.1, -0.05) is 12.1 Å². The van der Waals surface area contributed by atoms with Crippen LogP contribution < -0.4 is 5.32 Å². The molecule has 7 heteroatoms. The van der Waals surface area contributed by atoms with Gasteiger partial charge in [0, 0.05) is 11.6 Å². The highest BCUT2D eigenvalue weighted by atomic mass is 32.2. The van der Waals surface area contributed by atoms with Crippen molar-refractivity contribution in [3.63, 3.8) is 0 Å². The molecule has 1 aromatic carbocycles. The number of benzene rings is 1. The number of carbonyl (C=O) groups is 2. The minimum atomic E-state index is -0.949. The Hall–Kier alpha value is -2.28. The van der Waals surface area contributed by atoms with Crippen LogP contribution in [0.25, 0.3) is 0 Å². The van der Waals surface area contributed by atoms with Crippen LogP contribution in [-0.4, -0.2) is 32.5 Å². The van der Waals surface area contributed by atoms with E-state index >= 15 is 0 Å². The fraction of sp³-hybridized carbons (Fsp3) is 0.312. The summed E-state index contributed by atoms with van der Waals surface area (Å²) in [5.41, 5.74) is 2.15. The lowest BCUT2D eigenvalue weighted by molar-refractivity contribution is -0.113. The monoisotopic (exact) mass is 331 g/mol. The zero-order valence-corrected chi connectivity index (χ0v) is 13.6. The summed E-state index contributed by atoms with van der Waals surface area (Å²) in [5, 5.41) is 16.3. The average molecular weight is 331 g/mol. The molecule has 3 rings (SSSR count). The molecule has 2 aromatic rings. The number of aromatic carboxylic acids is 1. The van der Waals surface area contributed by atoms with Gasteiger partial charge in [0.2, 0.25) is 5.91 Å². The van der Waals surface area contributed by atoms with Crippen LogP contribution in [0.5, 0.6) is 0 Å². The molecule has 0 fully saturated rings. The number of carboxylic acids is 1. The van der Waals surface area contributed by atoms with Crippen molar-refractivity contribution >= 4 is 29.5 Å². The van der Waals surface area contributed by atoms with Gasteiger partial charge in [0.25, 0.3) is 0 Å². The second kappa shape index (κ2) is 6.08. The molecule has 1 atom stereocenters. The minimum absolute atomic E-state index is 0.0525. The van der Waals surface area contributed by atoms with Crippen molar-refractivity contribution in [1.29, 1.82) is 0 Å². The first kappa shape index (κ1) is 15.6. The van der Waals surface area contributed by atoms with Crippen LogP contribution >= 0.6 is 11.8 Å². The lowest BCUT2D eigenvalue weighted by atomic mass is 10.0. The van der Waals surface area contributed by atoms with E-state index in [1.807, 2.05) is 13.8 Å². The smallest absolute Gasteiger partial charge is 0.335 e. The molecule has 2 N–H and O–H groups in total. The largest absolute Gasteiger partial charge is 0.478 e. The number of hydrogen-bond donors (Lipinski definition) is 2. The van der Waals surface area contributed by atoms with E-state index in [0.717, 1.165) is 16.9 Å². The van der Waals surface area contributed by atoms with E-state index in [0.29, 0.717) is 5.75 Å². The average Bonchev–Trinajstić information content (AvgIpc) is 2.84. The Morgan fingerprint density at radius 1 is 1.39 bits per heavy atom. The SMILES string of the molecule is CC(C)n1ncc2c1NC(=O)CS[C@@H]2c1ccc(C(=O)O)cc1. The highest BCUT2D eigenvalue weighted by molar-refractivity contribution is 8.00. The molecule has 0 saturated carbocycles. The topological polar surface area (TPSA) is 84.2 Å². The lowest BCUT2D eigenvalue weighted by Gasteiger charge is -2.15. The predicted molar refractivity (Wildman–Crippen MR) is 88.9 cm³/mol. The normalized spacial score (nSPS) is 17.5. The molecule has 0 unspecified atom stereocenters. The van der Waals surface area contributed by atoms with Crippen molar-refractivity contribution in [2.75, 3.05) is 11.1 Å². The number of aromatic nitrogens is 2. The molecular weight excluding hydrogens is 314 g/mol. The molecule has 0 bridgehead atoms. The van der Waals surface area contributed by atoms with Crippen molar-refractivity contribution in [2.45, 2.75) is 25.1 Å². The maximum Gasteiger partial charge on any atom is 0.335 e. The van der Waals surface area contributed by atoms with E-state index < -0.39 is 5.97 Å². The number of hydrogen-bond acceptors (Lipinski definition) is 4. The van der Waals surface area contributed by atoms with Gasteiger partial charge in [-0.05, 0) is 31.5 Å². The molecule has 0 aliphatic carbocycles. The van der Waals surface area contributed by atoms with Gasteiger partial charge < -0.3 is 10.4 Å². The maximum absolute atomic E-state index is 12.0. The number of fused-ring (bicyclic) bond motifs is 1. The van der Waals surface area contributed by atoms with Gasteiger partial charge in [-0.3, -0.25) is 4.79 Å². The van der Waals surface area contributed by atoms with E-state index in [9.17, 15) is 9.59 Å². The van der Waals surface area contributed by atoms with E-state index in [1.165, 1.54) is 11.8 Å². The fourth-order valence-corrected chi connectivity index (χ4v) is 3.67. The maximum atomic E-state index is 12.0. The van der Waals surface area contributed by atoms with Crippen LogP contribution in [0.2, 0.25) is 0 Å². The van der Waals surface area contributed by atoms with E-state index in [4.69, 9.17) is 5.11 Å². The Kier molecular flexibility index (Phi) is 4.12. The Labute approximate surface area is 137 Å². The summed E-state index contributed by atoms with van der Waals surface area (Å²) >= 11 is 1.51. The summed E-state index contributed by atoms with van der Waals surface area (Å²) in [5.74, 6) is 0.0684. The third kappa shape index (κ3) is 2.96. The molecule has 1 amide bonds. The summed E-state index contributed by atoms with van der Waals surface area (Å²) in [4.78, 5) is 23.0. The second-order valence-corrected chi connectivity index (χ2v) is 6.75. The number of anilines is 1. The van der Waals surface area contributed by atoms with Crippen LogP contribution in [0.3, 0.4) is 0 Å². The highest BCUT2D eigenvalue weighted by Crippen LogP contribution is 2.41. The quantitative estimate of drug-likeness (QED) is 0.903. The number of amides is 1. The van der Waals surface area contributed by atoms with Crippen molar-refractivity contribution in [3.05, 3.63) is 47.2 Å². The molecule has 23 heavy (non-hydrogen) atoms. The third-order valence-corrected chi connectivity index (χ3v) is 4.98. The molecule has 120 valence electrons. The van der Waals surface area contributed by atoms with Crippen LogP contribution in [-0.2, 0) is 4.79 Å². The molecule has 2 heterocycles. The highest BCUT2D eigenvalue weighted by Gasteiger charge is 2.28. The zero-order chi connectivity index (χ0) is 16.6. The summed E-state index contributed by atoms with van der Waals surface area (Å²) in [6, 6.07) is 6.91. The van der Waals surface area contributed by atoms with Gasteiger partial charge in [0.15, 0.2) is 0 Å². The van der Waals surface area contributed by atoms with Gasteiger partial charge in [-0.15, -0.1) is 11.8 Å². The number of nitrogens with zero attached hydrogens (tertiary/aromatic N) is 2.